The Balaban J connectivity index is 0.00000484. The van der Waals surface area contributed by atoms with E-state index >= 15 is 0 Å². The highest BCUT2D eigenvalue weighted by molar-refractivity contribution is 14.0. The molecular weight excluding hydrogens is 419 g/mol. The Hall–Kier alpha value is 0.310. The van der Waals surface area contributed by atoms with Gasteiger partial charge in [0.15, 0.2) is 5.96 Å². The van der Waals surface area contributed by atoms with Crippen LogP contribution in [0.3, 0.4) is 0 Å². The maximum atomic E-state index is 4.48. The maximum absolute atomic E-state index is 4.48. The first-order valence-electron chi connectivity index (χ1n) is 8.91. The van der Waals surface area contributed by atoms with Gasteiger partial charge in [-0.05, 0) is 38.4 Å². The van der Waals surface area contributed by atoms with E-state index in [4.69, 9.17) is 0 Å². The number of halogens is 1. The van der Waals surface area contributed by atoms with Gasteiger partial charge < -0.3 is 15.1 Å². The van der Waals surface area contributed by atoms with Crippen LogP contribution in [0, 0.1) is 5.92 Å². The van der Waals surface area contributed by atoms with Gasteiger partial charge in [-0.3, -0.25) is 4.99 Å². The summed E-state index contributed by atoms with van der Waals surface area (Å²) >= 11 is 2.11. The van der Waals surface area contributed by atoms with E-state index in [1.165, 1.54) is 25.1 Å². The van der Waals surface area contributed by atoms with Crippen molar-refractivity contribution >= 4 is 41.7 Å². The molecule has 23 heavy (non-hydrogen) atoms. The first-order chi connectivity index (χ1) is 10.6. The van der Waals surface area contributed by atoms with Crippen molar-refractivity contribution in [3.63, 3.8) is 0 Å². The second kappa shape index (κ2) is 13.6. The molecule has 0 spiro atoms. The van der Waals surface area contributed by atoms with Gasteiger partial charge in [-0.25, -0.2) is 0 Å². The van der Waals surface area contributed by atoms with Crippen molar-refractivity contribution in [2.24, 2.45) is 10.9 Å². The predicted octanol–water partition coefficient (Wildman–Crippen LogP) is 3.38. The number of hydrogen-bond donors (Lipinski definition) is 1. The number of aliphatic imine (C=N–C) groups is 1. The topological polar surface area (TPSA) is 30.9 Å². The summed E-state index contributed by atoms with van der Waals surface area (Å²) in [6, 6.07) is 0. The van der Waals surface area contributed by atoms with Crippen molar-refractivity contribution < 1.29 is 0 Å². The van der Waals surface area contributed by atoms with Gasteiger partial charge in [0, 0.05) is 37.7 Å². The van der Waals surface area contributed by atoms with Gasteiger partial charge in [0.1, 0.15) is 0 Å². The molecule has 1 rings (SSSR count). The molecule has 1 aliphatic heterocycles. The molecule has 0 aromatic rings. The zero-order chi connectivity index (χ0) is 16.4. The van der Waals surface area contributed by atoms with Crippen LogP contribution < -0.4 is 5.32 Å². The van der Waals surface area contributed by atoms with Gasteiger partial charge in [0.2, 0.25) is 0 Å². The second-order valence-corrected chi connectivity index (χ2v) is 7.65. The Bertz CT molecular complexity index is 322. The van der Waals surface area contributed by atoms with E-state index in [0.717, 1.165) is 49.9 Å². The van der Waals surface area contributed by atoms with Crippen LogP contribution in [-0.2, 0) is 0 Å². The average molecular weight is 456 g/mol. The predicted molar refractivity (Wildman–Crippen MR) is 116 cm³/mol. The highest BCUT2D eigenvalue weighted by Gasteiger charge is 2.24. The molecule has 0 aromatic carbocycles. The van der Waals surface area contributed by atoms with Crippen LogP contribution in [0.25, 0.3) is 0 Å². The molecule has 1 saturated heterocycles. The molecule has 1 fully saturated rings. The third-order valence-corrected chi connectivity index (χ3v) is 5.97. The normalized spacial score (nSPS) is 19.2. The molecule has 0 aliphatic carbocycles. The van der Waals surface area contributed by atoms with E-state index in [9.17, 15) is 0 Å². The van der Waals surface area contributed by atoms with Crippen molar-refractivity contribution in [3.05, 3.63) is 0 Å². The lowest BCUT2D eigenvalue weighted by Crippen LogP contribution is -2.49. The lowest BCUT2D eigenvalue weighted by molar-refractivity contribution is 0.296. The van der Waals surface area contributed by atoms with Gasteiger partial charge in [-0.15, -0.1) is 24.0 Å². The van der Waals surface area contributed by atoms with E-state index in [-0.39, 0.29) is 24.0 Å². The fourth-order valence-electron chi connectivity index (χ4n) is 2.80. The molecular formula is C17H37IN4S. The molecule has 1 unspecified atom stereocenters. The quantitative estimate of drug-likeness (QED) is 0.263. The van der Waals surface area contributed by atoms with E-state index in [1.54, 1.807) is 0 Å². The van der Waals surface area contributed by atoms with Gasteiger partial charge in [-0.1, -0.05) is 27.7 Å². The van der Waals surface area contributed by atoms with Crippen LogP contribution in [0.1, 0.15) is 40.5 Å². The summed E-state index contributed by atoms with van der Waals surface area (Å²) in [5.41, 5.74) is 0. The molecule has 4 nitrogen and oxygen atoms in total. The van der Waals surface area contributed by atoms with Gasteiger partial charge in [0.05, 0.1) is 0 Å². The smallest absolute Gasteiger partial charge is 0.193 e. The molecule has 0 aromatic heterocycles. The summed E-state index contributed by atoms with van der Waals surface area (Å²) in [7, 11) is 1.91. The minimum atomic E-state index is 0. The molecule has 0 amide bonds. The van der Waals surface area contributed by atoms with Crippen LogP contribution in [-0.4, -0.2) is 73.1 Å². The molecule has 1 N–H and O–H groups in total. The van der Waals surface area contributed by atoms with E-state index in [1.807, 2.05) is 7.05 Å². The lowest BCUT2D eigenvalue weighted by Gasteiger charge is -2.36. The number of hydrogen-bond acceptors (Lipinski definition) is 3. The standard InChI is InChI=1S/C17H36N4S.HI/c1-6-20(7-2)11-9-8-10-19-17(18-5)21-12-13-22-16(14-21)15(3)4;/h15-16H,6-14H2,1-5H3,(H,18,19);1H. The SMILES string of the molecule is CCN(CC)CCCCNC(=NC)N1CCSC(C(C)C)C1.I. The van der Waals surface area contributed by atoms with Crippen LogP contribution >= 0.6 is 35.7 Å². The minimum Gasteiger partial charge on any atom is -0.356 e. The Morgan fingerprint density at radius 1 is 1.30 bits per heavy atom. The number of nitrogens with one attached hydrogen (secondary N) is 1. The lowest BCUT2D eigenvalue weighted by atomic mass is 10.1. The molecule has 0 bridgehead atoms. The summed E-state index contributed by atoms with van der Waals surface area (Å²) in [6.07, 6.45) is 2.47. The number of unbranched alkanes of at least 4 members (excludes halogenated alkanes) is 1. The van der Waals surface area contributed by atoms with Gasteiger partial charge in [-0.2, -0.15) is 11.8 Å². The van der Waals surface area contributed by atoms with Crippen LogP contribution in [0.4, 0.5) is 0 Å². The average Bonchev–Trinajstić information content (AvgIpc) is 2.54. The molecule has 138 valence electrons. The fraction of sp³-hybridized carbons (Fsp3) is 0.941. The zero-order valence-corrected chi connectivity index (χ0v) is 18.8. The van der Waals surface area contributed by atoms with Crippen molar-refractivity contribution in [1.82, 2.24) is 15.1 Å². The number of guanidine groups is 1. The molecule has 0 radical (unpaired) electrons. The highest BCUT2D eigenvalue weighted by atomic mass is 127. The van der Waals surface area contributed by atoms with E-state index < -0.39 is 0 Å². The molecule has 1 heterocycles. The molecule has 1 atom stereocenters. The van der Waals surface area contributed by atoms with Crippen molar-refractivity contribution in [2.75, 3.05) is 52.1 Å². The third-order valence-electron chi connectivity index (χ3n) is 4.43. The monoisotopic (exact) mass is 456 g/mol. The van der Waals surface area contributed by atoms with Crippen LogP contribution in [0.2, 0.25) is 0 Å². The summed E-state index contributed by atoms with van der Waals surface area (Å²) in [6.45, 7) is 15.9. The van der Waals surface area contributed by atoms with Crippen molar-refractivity contribution in [1.29, 1.82) is 0 Å². The fourth-order valence-corrected chi connectivity index (χ4v) is 4.10. The summed E-state index contributed by atoms with van der Waals surface area (Å²) in [4.78, 5) is 9.41. The van der Waals surface area contributed by atoms with Crippen molar-refractivity contribution in [2.45, 2.75) is 45.8 Å². The minimum absolute atomic E-state index is 0. The third kappa shape index (κ3) is 8.82. The molecule has 1 aliphatic rings. The Kier molecular flexibility index (Phi) is 13.8. The highest BCUT2D eigenvalue weighted by Crippen LogP contribution is 2.24. The Labute approximate surface area is 165 Å². The summed E-state index contributed by atoms with van der Waals surface area (Å²) < 4.78 is 0. The summed E-state index contributed by atoms with van der Waals surface area (Å²) in [5, 5.41) is 4.29. The molecule has 0 saturated carbocycles. The summed E-state index contributed by atoms with van der Waals surface area (Å²) in [5.74, 6) is 3.04. The Morgan fingerprint density at radius 2 is 2.00 bits per heavy atom. The Morgan fingerprint density at radius 3 is 2.57 bits per heavy atom. The van der Waals surface area contributed by atoms with Crippen LogP contribution in [0.5, 0.6) is 0 Å². The molecule has 6 heteroatoms. The number of thioether (sulfide) groups is 1. The van der Waals surface area contributed by atoms with Crippen molar-refractivity contribution in [3.8, 4) is 0 Å². The number of rotatable bonds is 8. The maximum Gasteiger partial charge on any atom is 0.193 e. The van der Waals surface area contributed by atoms with Gasteiger partial charge >= 0.3 is 0 Å². The van der Waals surface area contributed by atoms with E-state index in [2.05, 4.69) is 59.6 Å². The van der Waals surface area contributed by atoms with Crippen LogP contribution in [0.15, 0.2) is 4.99 Å². The zero-order valence-electron chi connectivity index (χ0n) is 15.7. The first-order valence-corrected chi connectivity index (χ1v) is 9.96. The van der Waals surface area contributed by atoms with Gasteiger partial charge in [0.25, 0.3) is 0 Å². The largest absolute Gasteiger partial charge is 0.356 e. The second-order valence-electron chi connectivity index (χ2n) is 6.31. The van der Waals surface area contributed by atoms with E-state index in [0.29, 0.717) is 0 Å². The first kappa shape index (κ1) is 23.3. The number of nitrogens with zero attached hydrogens (tertiary/aromatic N) is 3.